The monoisotopic (exact) mass is 237 g/mol. The first kappa shape index (κ1) is 12.3. The molecule has 0 bridgehead atoms. The molecule has 0 aromatic heterocycles. The Hall–Kier alpha value is -2.18. The summed E-state index contributed by atoms with van der Waals surface area (Å²) in [5.41, 5.74) is 3.24. The van der Waals surface area contributed by atoms with E-state index < -0.39 is 0 Å². The molecule has 2 nitrogen and oxygen atoms in total. The summed E-state index contributed by atoms with van der Waals surface area (Å²) in [5, 5.41) is 0. The summed E-state index contributed by atoms with van der Waals surface area (Å²) in [7, 11) is 0. The molecule has 0 aliphatic rings. The van der Waals surface area contributed by atoms with Crippen LogP contribution in [0.1, 0.15) is 24.0 Å². The van der Waals surface area contributed by atoms with Crippen molar-refractivity contribution in [1.82, 2.24) is 0 Å². The number of benzene rings is 2. The van der Waals surface area contributed by atoms with E-state index in [1.807, 2.05) is 30.3 Å². The quantitative estimate of drug-likeness (QED) is 0.583. The Labute approximate surface area is 107 Å². The van der Waals surface area contributed by atoms with Crippen LogP contribution in [0.3, 0.4) is 0 Å². The molecule has 18 heavy (non-hydrogen) atoms. The summed E-state index contributed by atoms with van der Waals surface area (Å²) in [6.07, 6.45) is 2.56. The molecule has 0 saturated carbocycles. The van der Waals surface area contributed by atoms with Crippen molar-refractivity contribution in [3.05, 3.63) is 65.7 Å². The van der Waals surface area contributed by atoms with E-state index in [9.17, 15) is 4.79 Å². The van der Waals surface area contributed by atoms with Gasteiger partial charge in [0.15, 0.2) is 0 Å². The van der Waals surface area contributed by atoms with E-state index in [1.165, 1.54) is 11.1 Å². The molecule has 0 heterocycles. The summed E-state index contributed by atoms with van der Waals surface area (Å²) in [4.78, 5) is 13.7. The Kier molecular flexibility index (Phi) is 4.06. The van der Waals surface area contributed by atoms with Gasteiger partial charge in [0.25, 0.3) is 0 Å². The summed E-state index contributed by atoms with van der Waals surface area (Å²) in [5.74, 6) is 0.446. The highest BCUT2D eigenvalue weighted by Gasteiger charge is 2.06. The first-order valence-electron chi connectivity index (χ1n) is 6.01. The molecule has 2 heteroatoms. The molecule has 0 radical (unpaired) electrons. The summed E-state index contributed by atoms with van der Waals surface area (Å²) in [6, 6.07) is 18.2. The molecule has 2 aromatic carbocycles. The Morgan fingerprint density at radius 2 is 1.72 bits per heavy atom. The highest BCUT2D eigenvalue weighted by molar-refractivity contribution is 5.49. The van der Waals surface area contributed by atoms with Gasteiger partial charge in [0.1, 0.15) is 0 Å². The van der Waals surface area contributed by atoms with Crippen molar-refractivity contribution < 1.29 is 4.79 Å². The van der Waals surface area contributed by atoms with Gasteiger partial charge in [0.05, 0.1) is 5.69 Å². The van der Waals surface area contributed by atoms with Crippen molar-refractivity contribution in [3.8, 4) is 0 Å². The van der Waals surface area contributed by atoms with E-state index in [0.717, 1.165) is 6.42 Å². The normalized spacial score (nSPS) is 11.6. The standard InChI is InChI=1S/C16H15NO/c1-13(11-14-5-3-2-4-6-14)15-7-9-16(10-8-15)17-12-18/h2-10,13H,11H2,1H3. The van der Waals surface area contributed by atoms with Gasteiger partial charge in [-0.15, -0.1) is 0 Å². The van der Waals surface area contributed by atoms with Crippen molar-refractivity contribution in [3.63, 3.8) is 0 Å². The molecule has 2 aromatic rings. The summed E-state index contributed by atoms with van der Waals surface area (Å²) < 4.78 is 0. The Morgan fingerprint density at radius 1 is 1.06 bits per heavy atom. The van der Waals surface area contributed by atoms with Crippen LogP contribution in [-0.4, -0.2) is 6.08 Å². The highest BCUT2D eigenvalue weighted by atomic mass is 16.1. The van der Waals surface area contributed by atoms with Gasteiger partial charge in [-0.2, -0.15) is 4.99 Å². The van der Waals surface area contributed by atoms with Crippen molar-refractivity contribution in [2.45, 2.75) is 19.3 Å². The second kappa shape index (κ2) is 5.95. The maximum Gasteiger partial charge on any atom is 0.240 e. The Morgan fingerprint density at radius 3 is 2.33 bits per heavy atom. The average Bonchev–Trinajstić information content (AvgIpc) is 2.41. The molecule has 0 N–H and O–H groups in total. The van der Waals surface area contributed by atoms with Crippen molar-refractivity contribution in [2.24, 2.45) is 4.99 Å². The summed E-state index contributed by atoms with van der Waals surface area (Å²) in [6.45, 7) is 2.20. The van der Waals surface area contributed by atoms with Crippen LogP contribution in [0.25, 0.3) is 0 Å². The first-order chi connectivity index (χ1) is 8.79. The van der Waals surface area contributed by atoms with Crippen LogP contribution < -0.4 is 0 Å². The van der Waals surface area contributed by atoms with E-state index in [0.29, 0.717) is 11.6 Å². The molecule has 0 aliphatic heterocycles. The number of nitrogens with zero attached hydrogens (tertiary/aromatic N) is 1. The van der Waals surface area contributed by atoms with Gasteiger partial charge in [-0.1, -0.05) is 49.4 Å². The molecule has 0 fully saturated rings. The lowest BCUT2D eigenvalue weighted by atomic mass is 9.94. The number of isocyanates is 1. The molecule has 2 rings (SSSR count). The number of rotatable bonds is 4. The summed E-state index contributed by atoms with van der Waals surface area (Å²) >= 11 is 0. The van der Waals surface area contributed by atoms with E-state index in [2.05, 4.69) is 36.2 Å². The third-order valence-corrected chi connectivity index (χ3v) is 3.02. The zero-order valence-corrected chi connectivity index (χ0v) is 10.3. The fourth-order valence-electron chi connectivity index (χ4n) is 2.02. The Bertz CT molecular complexity index is 539. The van der Waals surface area contributed by atoms with Gasteiger partial charge < -0.3 is 0 Å². The molecule has 1 unspecified atom stereocenters. The van der Waals surface area contributed by atoms with Gasteiger partial charge in [-0.05, 0) is 35.6 Å². The fourth-order valence-corrected chi connectivity index (χ4v) is 2.02. The lowest BCUT2D eigenvalue weighted by molar-refractivity contribution is 0.565. The van der Waals surface area contributed by atoms with Gasteiger partial charge in [0, 0.05) is 0 Å². The van der Waals surface area contributed by atoms with E-state index >= 15 is 0 Å². The van der Waals surface area contributed by atoms with Crippen LogP contribution in [-0.2, 0) is 11.2 Å². The van der Waals surface area contributed by atoms with Crippen molar-refractivity contribution in [2.75, 3.05) is 0 Å². The minimum atomic E-state index is 0.446. The van der Waals surface area contributed by atoms with E-state index in [1.54, 1.807) is 6.08 Å². The van der Waals surface area contributed by atoms with Crippen LogP contribution >= 0.6 is 0 Å². The van der Waals surface area contributed by atoms with Crippen molar-refractivity contribution >= 4 is 11.8 Å². The van der Waals surface area contributed by atoms with Crippen LogP contribution in [0.15, 0.2) is 59.6 Å². The topological polar surface area (TPSA) is 29.4 Å². The number of hydrogen-bond acceptors (Lipinski definition) is 2. The predicted molar refractivity (Wildman–Crippen MR) is 72.8 cm³/mol. The molecular weight excluding hydrogens is 222 g/mol. The van der Waals surface area contributed by atoms with Crippen LogP contribution in [0.2, 0.25) is 0 Å². The molecular formula is C16H15NO. The highest BCUT2D eigenvalue weighted by Crippen LogP contribution is 2.22. The third-order valence-electron chi connectivity index (χ3n) is 3.02. The number of carbonyl (C=O) groups excluding carboxylic acids is 1. The molecule has 0 spiro atoms. The van der Waals surface area contributed by atoms with Crippen LogP contribution in [0.4, 0.5) is 5.69 Å². The zero-order chi connectivity index (χ0) is 12.8. The van der Waals surface area contributed by atoms with E-state index in [4.69, 9.17) is 0 Å². The SMILES string of the molecule is CC(Cc1ccccc1)c1ccc(N=C=O)cc1. The van der Waals surface area contributed by atoms with Gasteiger partial charge >= 0.3 is 0 Å². The maximum absolute atomic E-state index is 10.1. The average molecular weight is 237 g/mol. The number of hydrogen-bond donors (Lipinski definition) is 0. The molecule has 90 valence electrons. The predicted octanol–water partition coefficient (Wildman–Crippen LogP) is 4.00. The van der Waals surface area contributed by atoms with Gasteiger partial charge in [-0.3, -0.25) is 0 Å². The molecule has 0 amide bonds. The number of aliphatic imine (C=N–C) groups is 1. The largest absolute Gasteiger partial charge is 0.240 e. The minimum Gasteiger partial charge on any atom is -0.211 e. The lowest BCUT2D eigenvalue weighted by Gasteiger charge is -2.12. The zero-order valence-electron chi connectivity index (χ0n) is 10.3. The maximum atomic E-state index is 10.1. The second-order valence-electron chi connectivity index (χ2n) is 4.39. The Balaban J connectivity index is 2.09. The lowest BCUT2D eigenvalue weighted by Crippen LogP contribution is -1.97. The molecule has 0 saturated heterocycles. The van der Waals surface area contributed by atoms with Crippen LogP contribution in [0, 0.1) is 0 Å². The first-order valence-corrected chi connectivity index (χ1v) is 6.01. The fraction of sp³-hybridized carbons (Fsp3) is 0.188. The molecule has 1 atom stereocenters. The van der Waals surface area contributed by atoms with Gasteiger partial charge in [0.2, 0.25) is 6.08 Å². The minimum absolute atomic E-state index is 0.446. The molecule has 0 aliphatic carbocycles. The van der Waals surface area contributed by atoms with Gasteiger partial charge in [-0.25, -0.2) is 4.79 Å². The van der Waals surface area contributed by atoms with E-state index in [-0.39, 0.29) is 0 Å². The second-order valence-corrected chi connectivity index (χ2v) is 4.39. The van der Waals surface area contributed by atoms with Crippen molar-refractivity contribution in [1.29, 1.82) is 0 Å². The third kappa shape index (κ3) is 3.16. The van der Waals surface area contributed by atoms with Crippen LogP contribution in [0.5, 0.6) is 0 Å². The smallest absolute Gasteiger partial charge is 0.211 e.